The first-order valence-corrected chi connectivity index (χ1v) is 4.21. The summed E-state index contributed by atoms with van der Waals surface area (Å²) in [5, 5.41) is 0. The van der Waals surface area contributed by atoms with E-state index < -0.39 is 0 Å². The van der Waals surface area contributed by atoms with Crippen LogP contribution in [0.15, 0.2) is 10.9 Å². The maximum absolute atomic E-state index is 11.0. The lowest BCUT2D eigenvalue weighted by atomic mass is 10.1. The molecule has 0 saturated heterocycles. The monoisotopic (exact) mass is 166 g/mol. The van der Waals surface area contributed by atoms with E-state index in [4.69, 9.17) is 0 Å². The van der Waals surface area contributed by atoms with E-state index in [1.165, 1.54) is 0 Å². The van der Waals surface area contributed by atoms with Crippen LogP contribution in [0.2, 0.25) is 0 Å². The van der Waals surface area contributed by atoms with Crippen LogP contribution in [-0.2, 0) is 0 Å². The molecule has 66 valence electrons. The van der Waals surface area contributed by atoms with Crippen LogP contribution in [0, 0.1) is 6.92 Å². The van der Waals surface area contributed by atoms with Gasteiger partial charge in [-0.3, -0.25) is 4.79 Å². The molecular weight excluding hydrogens is 152 g/mol. The average Bonchev–Trinajstić information content (AvgIpc) is 2.01. The molecule has 0 amide bonds. The predicted octanol–water partition coefficient (Wildman–Crippen LogP) is 1.59. The Kier molecular flexibility index (Phi) is 2.63. The van der Waals surface area contributed by atoms with Crippen LogP contribution in [0.4, 0.5) is 0 Å². The standard InChI is InChI=1S/C9H14N2O/c1-4-6(2)8-5-9(12)11-7(3)10-8/h5-6H,4H2,1-3H3,(H,10,11,12)/t6-/m1/s1. The zero-order valence-corrected chi connectivity index (χ0v) is 7.72. The third kappa shape index (κ3) is 1.94. The van der Waals surface area contributed by atoms with E-state index in [0.29, 0.717) is 11.7 Å². The summed E-state index contributed by atoms with van der Waals surface area (Å²) in [6.45, 7) is 5.96. The topological polar surface area (TPSA) is 45.8 Å². The van der Waals surface area contributed by atoms with Gasteiger partial charge in [0.1, 0.15) is 5.82 Å². The Morgan fingerprint density at radius 2 is 2.33 bits per heavy atom. The van der Waals surface area contributed by atoms with Gasteiger partial charge in [-0.15, -0.1) is 0 Å². The molecule has 1 rings (SSSR count). The van der Waals surface area contributed by atoms with Crippen molar-refractivity contribution in [2.75, 3.05) is 0 Å². The van der Waals surface area contributed by atoms with Crippen LogP contribution in [0.3, 0.4) is 0 Å². The first-order chi connectivity index (χ1) is 5.63. The Labute approximate surface area is 71.9 Å². The van der Waals surface area contributed by atoms with E-state index in [9.17, 15) is 4.79 Å². The molecule has 12 heavy (non-hydrogen) atoms. The number of hydrogen-bond acceptors (Lipinski definition) is 2. The molecule has 0 radical (unpaired) electrons. The third-order valence-corrected chi connectivity index (χ3v) is 2.00. The minimum absolute atomic E-state index is 0.0576. The lowest BCUT2D eigenvalue weighted by Gasteiger charge is -2.06. The van der Waals surface area contributed by atoms with Gasteiger partial charge in [0.15, 0.2) is 0 Å². The molecule has 0 bridgehead atoms. The fourth-order valence-corrected chi connectivity index (χ4v) is 1.06. The molecule has 0 fully saturated rings. The Morgan fingerprint density at radius 3 is 2.83 bits per heavy atom. The molecule has 1 aromatic heterocycles. The van der Waals surface area contributed by atoms with Gasteiger partial charge in [-0.2, -0.15) is 0 Å². The summed E-state index contributed by atoms with van der Waals surface area (Å²) in [5.74, 6) is 1.06. The zero-order chi connectivity index (χ0) is 9.14. The SMILES string of the molecule is CC[C@@H](C)c1cc(=O)[nH]c(C)n1. The normalized spacial score (nSPS) is 12.9. The van der Waals surface area contributed by atoms with Crippen molar-refractivity contribution >= 4 is 0 Å². The highest BCUT2D eigenvalue weighted by molar-refractivity contribution is 5.06. The number of nitrogens with zero attached hydrogens (tertiary/aromatic N) is 1. The molecule has 0 aliphatic carbocycles. The highest BCUT2D eigenvalue weighted by atomic mass is 16.1. The summed E-state index contributed by atoms with van der Waals surface area (Å²) in [4.78, 5) is 17.9. The quantitative estimate of drug-likeness (QED) is 0.725. The third-order valence-electron chi connectivity index (χ3n) is 2.00. The minimum atomic E-state index is -0.0576. The van der Waals surface area contributed by atoms with E-state index in [1.807, 2.05) is 0 Å². The Hall–Kier alpha value is -1.12. The second kappa shape index (κ2) is 3.52. The van der Waals surface area contributed by atoms with Crippen molar-refractivity contribution in [1.82, 2.24) is 9.97 Å². The van der Waals surface area contributed by atoms with Crippen molar-refractivity contribution in [2.24, 2.45) is 0 Å². The van der Waals surface area contributed by atoms with Crippen LogP contribution in [0.1, 0.15) is 37.7 Å². The molecule has 1 atom stereocenters. The maximum Gasteiger partial charge on any atom is 0.251 e. The van der Waals surface area contributed by atoms with Gasteiger partial charge in [0, 0.05) is 6.07 Å². The molecule has 0 unspecified atom stereocenters. The van der Waals surface area contributed by atoms with E-state index >= 15 is 0 Å². The fraction of sp³-hybridized carbons (Fsp3) is 0.556. The van der Waals surface area contributed by atoms with Crippen LogP contribution in [0.25, 0.3) is 0 Å². The lowest BCUT2D eigenvalue weighted by Crippen LogP contribution is -2.11. The van der Waals surface area contributed by atoms with Gasteiger partial charge >= 0.3 is 0 Å². The Balaban J connectivity index is 3.08. The van der Waals surface area contributed by atoms with Crippen LogP contribution < -0.4 is 5.56 Å². The lowest BCUT2D eigenvalue weighted by molar-refractivity contribution is 0.696. The van der Waals surface area contributed by atoms with Crippen molar-refractivity contribution in [3.05, 3.63) is 27.9 Å². The van der Waals surface area contributed by atoms with Gasteiger partial charge in [0.25, 0.3) is 5.56 Å². The molecule has 1 heterocycles. The number of rotatable bonds is 2. The zero-order valence-electron chi connectivity index (χ0n) is 7.72. The summed E-state index contributed by atoms with van der Waals surface area (Å²) >= 11 is 0. The fourth-order valence-electron chi connectivity index (χ4n) is 1.06. The molecule has 1 aromatic rings. The number of nitrogens with one attached hydrogen (secondary N) is 1. The van der Waals surface area contributed by atoms with Gasteiger partial charge in [-0.05, 0) is 19.3 Å². The first-order valence-electron chi connectivity index (χ1n) is 4.21. The van der Waals surface area contributed by atoms with Gasteiger partial charge in [0.2, 0.25) is 0 Å². The van der Waals surface area contributed by atoms with Gasteiger partial charge in [0.05, 0.1) is 5.69 Å². The first kappa shape index (κ1) is 8.97. The maximum atomic E-state index is 11.0. The minimum Gasteiger partial charge on any atom is -0.311 e. The van der Waals surface area contributed by atoms with Crippen molar-refractivity contribution in [2.45, 2.75) is 33.1 Å². The summed E-state index contributed by atoms with van der Waals surface area (Å²) < 4.78 is 0. The Bertz CT molecular complexity index is 317. The van der Waals surface area contributed by atoms with Crippen LogP contribution in [0.5, 0.6) is 0 Å². The molecular formula is C9H14N2O. The van der Waals surface area contributed by atoms with Crippen molar-refractivity contribution in [1.29, 1.82) is 0 Å². The Morgan fingerprint density at radius 1 is 1.67 bits per heavy atom. The number of H-pyrrole nitrogens is 1. The van der Waals surface area contributed by atoms with E-state index in [1.54, 1.807) is 13.0 Å². The second-order valence-corrected chi connectivity index (χ2v) is 3.06. The number of aromatic nitrogens is 2. The van der Waals surface area contributed by atoms with Crippen LogP contribution >= 0.6 is 0 Å². The molecule has 3 nitrogen and oxygen atoms in total. The highest BCUT2D eigenvalue weighted by Gasteiger charge is 2.05. The number of aryl methyl sites for hydroxylation is 1. The molecule has 0 saturated carbocycles. The van der Waals surface area contributed by atoms with Crippen molar-refractivity contribution < 1.29 is 0 Å². The second-order valence-electron chi connectivity index (χ2n) is 3.06. The summed E-state index contributed by atoms with van der Waals surface area (Å²) in [6, 6.07) is 1.57. The van der Waals surface area contributed by atoms with Crippen molar-refractivity contribution in [3.63, 3.8) is 0 Å². The highest BCUT2D eigenvalue weighted by Crippen LogP contribution is 2.13. The van der Waals surface area contributed by atoms with Crippen molar-refractivity contribution in [3.8, 4) is 0 Å². The molecule has 0 spiro atoms. The van der Waals surface area contributed by atoms with Gasteiger partial charge in [-0.25, -0.2) is 4.98 Å². The molecule has 3 heteroatoms. The molecule has 0 aromatic carbocycles. The molecule has 0 aliphatic rings. The van der Waals surface area contributed by atoms with E-state index in [0.717, 1.165) is 12.1 Å². The smallest absolute Gasteiger partial charge is 0.251 e. The summed E-state index contributed by atoms with van der Waals surface area (Å²) in [5.41, 5.74) is 0.830. The van der Waals surface area contributed by atoms with Gasteiger partial charge in [-0.1, -0.05) is 13.8 Å². The molecule has 0 aliphatic heterocycles. The summed E-state index contributed by atoms with van der Waals surface area (Å²) in [7, 11) is 0. The van der Waals surface area contributed by atoms with E-state index in [-0.39, 0.29) is 5.56 Å². The number of hydrogen-bond donors (Lipinski definition) is 1. The predicted molar refractivity (Wildman–Crippen MR) is 48.3 cm³/mol. The van der Waals surface area contributed by atoms with Crippen LogP contribution in [-0.4, -0.2) is 9.97 Å². The van der Waals surface area contributed by atoms with Gasteiger partial charge < -0.3 is 4.98 Å². The average molecular weight is 166 g/mol. The van der Waals surface area contributed by atoms with E-state index in [2.05, 4.69) is 23.8 Å². The molecule has 1 N–H and O–H groups in total. The largest absolute Gasteiger partial charge is 0.311 e. The number of aromatic amines is 1. The summed E-state index contributed by atoms with van der Waals surface area (Å²) in [6.07, 6.45) is 1.01.